The van der Waals surface area contributed by atoms with Gasteiger partial charge in [0, 0.05) is 25.9 Å². The minimum Gasteiger partial charge on any atom is -0.614 e. The zero-order chi connectivity index (χ0) is 8.60. The molecule has 0 aromatic heterocycles. The van der Waals surface area contributed by atoms with E-state index >= 15 is 0 Å². The molecule has 70 valence electrons. The van der Waals surface area contributed by atoms with Gasteiger partial charge in [-0.25, -0.2) is 0 Å². The molecule has 2 aliphatic heterocycles. The largest absolute Gasteiger partial charge is 0.614 e. The molecule has 4 heteroatoms. The van der Waals surface area contributed by atoms with Crippen molar-refractivity contribution >= 4 is 11.2 Å². The molecule has 12 heavy (non-hydrogen) atoms. The summed E-state index contributed by atoms with van der Waals surface area (Å²) in [5.41, 5.74) is 0. The fourth-order valence-corrected chi connectivity index (χ4v) is 3.35. The Bertz CT molecular complexity index is 168. The molecule has 0 aliphatic carbocycles. The molecule has 2 heterocycles. The van der Waals surface area contributed by atoms with E-state index in [1.54, 1.807) is 0 Å². The third-order valence-electron chi connectivity index (χ3n) is 2.80. The van der Waals surface area contributed by atoms with Crippen LogP contribution in [0.2, 0.25) is 0 Å². The first-order chi connectivity index (χ1) is 5.73. The van der Waals surface area contributed by atoms with E-state index in [0.717, 1.165) is 31.7 Å². The van der Waals surface area contributed by atoms with Crippen LogP contribution in [0, 0.1) is 0 Å². The Balaban J connectivity index is 2.02. The molecule has 1 atom stereocenters. The average molecular weight is 189 g/mol. The van der Waals surface area contributed by atoms with Crippen LogP contribution < -0.4 is 0 Å². The summed E-state index contributed by atoms with van der Waals surface area (Å²) in [6.45, 7) is 2.73. The summed E-state index contributed by atoms with van der Waals surface area (Å²) in [6, 6.07) is 0. The molecule has 1 spiro atoms. The second kappa shape index (κ2) is 3.18. The summed E-state index contributed by atoms with van der Waals surface area (Å²) in [5, 5.41) is 0. The fourth-order valence-electron chi connectivity index (χ4n) is 1.89. The predicted octanol–water partition coefficient (Wildman–Crippen LogP) is 0.187. The van der Waals surface area contributed by atoms with Gasteiger partial charge in [0.25, 0.3) is 0 Å². The van der Waals surface area contributed by atoms with E-state index < -0.39 is 11.2 Å². The minimum absolute atomic E-state index is 0.257. The van der Waals surface area contributed by atoms with Gasteiger partial charge in [-0.2, -0.15) is 0 Å². The van der Waals surface area contributed by atoms with Crippen LogP contribution in [0.25, 0.3) is 0 Å². The number of likely N-dealkylation sites (tertiary alicyclic amines) is 1. The van der Waals surface area contributed by atoms with Crippen molar-refractivity contribution < 1.29 is 9.29 Å². The van der Waals surface area contributed by atoms with Gasteiger partial charge in [0.15, 0.2) is 0 Å². The van der Waals surface area contributed by atoms with Crippen molar-refractivity contribution in [3.05, 3.63) is 0 Å². The molecule has 1 unspecified atom stereocenters. The fraction of sp³-hybridized carbons (Fsp3) is 1.00. The number of hydrogen-bond donors (Lipinski definition) is 0. The summed E-state index contributed by atoms with van der Waals surface area (Å²) in [5.74, 6) is 0.740. The summed E-state index contributed by atoms with van der Waals surface area (Å²) in [7, 11) is 2.10. The first-order valence-electron chi connectivity index (χ1n) is 4.44. The van der Waals surface area contributed by atoms with Crippen LogP contribution in [-0.2, 0) is 15.9 Å². The number of rotatable bonds is 0. The Morgan fingerprint density at radius 2 is 2.08 bits per heavy atom. The Hall–Kier alpha value is 0.230. The van der Waals surface area contributed by atoms with Crippen LogP contribution in [-0.4, -0.2) is 46.9 Å². The van der Waals surface area contributed by atoms with Crippen molar-refractivity contribution in [2.75, 3.05) is 32.5 Å². The molecule has 2 fully saturated rings. The Morgan fingerprint density at radius 1 is 1.42 bits per heavy atom. The molecule has 0 aromatic carbocycles. The van der Waals surface area contributed by atoms with Gasteiger partial charge in [-0.15, -0.1) is 0 Å². The molecule has 2 aliphatic rings. The van der Waals surface area contributed by atoms with Crippen LogP contribution in [0.4, 0.5) is 0 Å². The maximum Gasteiger partial charge on any atom is 0.228 e. The van der Waals surface area contributed by atoms with Crippen LogP contribution in [0.5, 0.6) is 0 Å². The molecule has 0 saturated carbocycles. The van der Waals surface area contributed by atoms with Crippen LogP contribution in [0.3, 0.4) is 0 Å². The van der Waals surface area contributed by atoms with Gasteiger partial charge in [-0.1, -0.05) is 0 Å². The highest BCUT2D eigenvalue weighted by molar-refractivity contribution is 7.92. The number of hydrogen-bond acceptors (Lipinski definition) is 3. The van der Waals surface area contributed by atoms with Crippen molar-refractivity contribution in [3.8, 4) is 0 Å². The molecular weight excluding hydrogens is 174 g/mol. The van der Waals surface area contributed by atoms with Gasteiger partial charge in [0.1, 0.15) is 5.75 Å². The Labute approximate surface area is 76.2 Å². The number of piperidine rings is 1. The third kappa shape index (κ3) is 1.37. The quantitative estimate of drug-likeness (QED) is 0.510. The first-order valence-corrected chi connectivity index (χ1v) is 5.76. The van der Waals surface area contributed by atoms with Gasteiger partial charge < -0.3 is 14.2 Å². The van der Waals surface area contributed by atoms with E-state index in [0.29, 0.717) is 6.61 Å². The normalized spacial score (nSPS) is 36.0. The van der Waals surface area contributed by atoms with E-state index in [-0.39, 0.29) is 4.93 Å². The monoisotopic (exact) mass is 189 g/mol. The SMILES string of the molecule is CN1CCC2(CC1)OCC[S+]2[O-]. The average Bonchev–Trinajstić information content (AvgIpc) is 2.41. The van der Waals surface area contributed by atoms with E-state index in [1.165, 1.54) is 0 Å². The molecule has 0 bridgehead atoms. The maximum atomic E-state index is 11.6. The second-order valence-electron chi connectivity index (χ2n) is 3.61. The lowest BCUT2D eigenvalue weighted by Gasteiger charge is -2.35. The van der Waals surface area contributed by atoms with Crippen molar-refractivity contribution in [1.29, 1.82) is 0 Å². The van der Waals surface area contributed by atoms with E-state index in [2.05, 4.69) is 11.9 Å². The summed E-state index contributed by atoms with van der Waals surface area (Å²) in [6.07, 6.45) is 1.88. The molecular formula is C8H15NO2S. The number of nitrogens with zero attached hydrogens (tertiary/aromatic N) is 1. The maximum absolute atomic E-state index is 11.6. The zero-order valence-corrected chi connectivity index (χ0v) is 8.23. The van der Waals surface area contributed by atoms with Crippen LogP contribution >= 0.6 is 0 Å². The van der Waals surface area contributed by atoms with Crippen LogP contribution in [0.15, 0.2) is 0 Å². The van der Waals surface area contributed by atoms with Gasteiger partial charge in [0.2, 0.25) is 4.93 Å². The van der Waals surface area contributed by atoms with Crippen molar-refractivity contribution in [2.45, 2.75) is 17.8 Å². The van der Waals surface area contributed by atoms with Crippen LogP contribution in [0.1, 0.15) is 12.8 Å². The van der Waals surface area contributed by atoms with Crippen molar-refractivity contribution in [3.63, 3.8) is 0 Å². The minimum atomic E-state index is -0.732. The van der Waals surface area contributed by atoms with Gasteiger partial charge in [0.05, 0.1) is 6.61 Å². The molecule has 0 N–H and O–H groups in total. The first kappa shape index (κ1) is 8.81. The second-order valence-corrected chi connectivity index (χ2v) is 5.46. The number of ether oxygens (including phenoxy) is 1. The molecule has 3 nitrogen and oxygen atoms in total. The standard InChI is InChI=1S/C8H15NO2S/c1-9-4-2-8(3-5-9)11-6-7-12(8)10/h2-7H2,1H3. The van der Waals surface area contributed by atoms with Gasteiger partial charge >= 0.3 is 0 Å². The lowest BCUT2D eigenvalue weighted by Crippen LogP contribution is -2.46. The summed E-state index contributed by atoms with van der Waals surface area (Å²) >= 11 is -0.732. The molecule has 2 saturated heterocycles. The highest BCUT2D eigenvalue weighted by Gasteiger charge is 2.49. The Kier molecular flexibility index (Phi) is 2.33. The molecule has 0 radical (unpaired) electrons. The van der Waals surface area contributed by atoms with E-state index in [4.69, 9.17) is 4.74 Å². The smallest absolute Gasteiger partial charge is 0.228 e. The lowest BCUT2D eigenvalue weighted by atomic mass is 10.1. The van der Waals surface area contributed by atoms with Gasteiger partial charge in [-0.05, 0) is 18.2 Å². The summed E-state index contributed by atoms with van der Waals surface area (Å²) < 4.78 is 17.2. The van der Waals surface area contributed by atoms with Crippen molar-refractivity contribution in [1.82, 2.24) is 4.90 Å². The zero-order valence-electron chi connectivity index (χ0n) is 7.41. The van der Waals surface area contributed by atoms with Gasteiger partial charge in [-0.3, -0.25) is 0 Å². The predicted molar refractivity (Wildman–Crippen MR) is 48.4 cm³/mol. The van der Waals surface area contributed by atoms with E-state index in [9.17, 15) is 4.55 Å². The van der Waals surface area contributed by atoms with E-state index in [1.807, 2.05) is 0 Å². The summed E-state index contributed by atoms with van der Waals surface area (Å²) in [4.78, 5) is 2.01. The van der Waals surface area contributed by atoms with Crippen molar-refractivity contribution in [2.24, 2.45) is 0 Å². The molecule has 2 rings (SSSR count). The highest BCUT2D eigenvalue weighted by Crippen LogP contribution is 2.36. The molecule has 0 aromatic rings. The highest BCUT2D eigenvalue weighted by atomic mass is 32.2. The molecule has 0 amide bonds. The topological polar surface area (TPSA) is 35.5 Å². The Morgan fingerprint density at radius 3 is 2.58 bits per heavy atom. The lowest BCUT2D eigenvalue weighted by molar-refractivity contribution is 0.00224. The third-order valence-corrected chi connectivity index (χ3v) is 4.69.